The van der Waals surface area contributed by atoms with Gasteiger partial charge in [0.05, 0.1) is 6.54 Å². The molecular formula is C13H19ClN2O. The second-order valence-corrected chi connectivity index (χ2v) is 4.56. The molecule has 1 aromatic carbocycles. The topological polar surface area (TPSA) is 32.3 Å². The van der Waals surface area contributed by atoms with Gasteiger partial charge in [-0.15, -0.1) is 0 Å². The van der Waals surface area contributed by atoms with E-state index < -0.39 is 0 Å². The van der Waals surface area contributed by atoms with Gasteiger partial charge in [-0.25, -0.2) is 0 Å². The van der Waals surface area contributed by atoms with E-state index in [9.17, 15) is 4.79 Å². The van der Waals surface area contributed by atoms with Gasteiger partial charge in [-0.2, -0.15) is 0 Å². The summed E-state index contributed by atoms with van der Waals surface area (Å²) in [5.41, 5.74) is 0.717. The fourth-order valence-corrected chi connectivity index (χ4v) is 1.70. The molecule has 0 bridgehead atoms. The summed E-state index contributed by atoms with van der Waals surface area (Å²) in [7, 11) is 3.89. The normalized spacial score (nSPS) is 10.8. The number of Topliss-reactive ketones (excluding diaryl/α,β-unsaturated/α-hetero) is 1. The number of likely N-dealkylation sites (N-methyl/N-ethyl adjacent to an activating group) is 1. The molecule has 0 unspecified atom stereocenters. The van der Waals surface area contributed by atoms with Gasteiger partial charge in [0.15, 0.2) is 5.78 Å². The average Bonchev–Trinajstić information content (AvgIpc) is 2.30. The van der Waals surface area contributed by atoms with Crippen LogP contribution < -0.4 is 5.32 Å². The number of hydrogen-bond acceptors (Lipinski definition) is 3. The Balaban J connectivity index is 2.40. The zero-order valence-electron chi connectivity index (χ0n) is 10.4. The van der Waals surface area contributed by atoms with Gasteiger partial charge < -0.3 is 5.32 Å². The van der Waals surface area contributed by atoms with Gasteiger partial charge in [-0.3, -0.25) is 9.69 Å². The highest BCUT2D eigenvalue weighted by atomic mass is 35.5. The van der Waals surface area contributed by atoms with Crippen molar-refractivity contribution in [3.8, 4) is 0 Å². The summed E-state index contributed by atoms with van der Waals surface area (Å²) in [4.78, 5) is 13.9. The van der Waals surface area contributed by atoms with Crippen molar-refractivity contribution in [1.82, 2.24) is 10.2 Å². The summed E-state index contributed by atoms with van der Waals surface area (Å²) in [6.07, 6.45) is 1.04. The Hall–Kier alpha value is -0.900. The molecule has 0 radical (unpaired) electrons. The van der Waals surface area contributed by atoms with Gasteiger partial charge in [-0.05, 0) is 57.9 Å². The molecule has 0 aliphatic carbocycles. The number of carbonyl (C=O) groups is 1. The Labute approximate surface area is 108 Å². The predicted molar refractivity (Wildman–Crippen MR) is 71.8 cm³/mol. The highest BCUT2D eigenvalue weighted by Crippen LogP contribution is 2.10. The van der Waals surface area contributed by atoms with Crippen molar-refractivity contribution in [2.75, 3.05) is 33.7 Å². The number of hydrogen-bond donors (Lipinski definition) is 1. The van der Waals surface area contributed by atoms with E-state index in [1.54, 1.807) is 24.3 Å². The van der Waals surface area contributed by atoms with Crippen LogP contribution in [0.15, 0.2) is 24.3 Å². The molecule has 1 aromatic rings. The van der Waals surface area contributed by atoms with Gasteiger partial charge in [0.1, 0.15) is 0 Å². The minimum absolute atomic E-state index is 0.133. The Morgan fingerprint density at radius 1 is 1.35 bits per heavy atom. The van der Waals surface area contributed by atoms with Gasteiger partial charge in [-0.1, -0.05) is 11.6 Å². The summed E-state index contributed by atoms with van der Waals surface area (Å²) < 4.78 is 0. The molecule has 0 aliphatic rings. The van der Waals surface area contributed by atoms with Crippen LogP contribution in [-0.2, 0) is 0 Å². The molecule has 17 heavy (non-hydrogen) atoms. The number of rotatable bonds is 7. The Kier molecular flexibility index (Phi) is 6.19. The molecule has 0 saturated heterocycles. The lowest BCUT2D eigenvalue weighted by molar-refractivity contribution is 0.0946. The van der Waals surface area contributed by atoms with E-state index in [1.807, 2.05) is 19.0 Å². The molecule has 0 saturated carbocycles. The second-order valence-electron chi connectivity index (χ2n) is 4.12. The van der Waals surface area contributed by atoms with E-state index in [0.717, 1.165) is 25.1 Å². The largest absolute Gasteiger partial charge is 0.320 e. The van der Waals surface area contributed by atoms with Crippen LogP contribution in [0.2, 0.25) is 5.02 Å². The van der Waals surface area contributed by atoms with Crippen molar-refractivity contribution < 1.29 is 4.79 Å². The number of ketones is 1. The number of halogens is 1. The quantitative estimate of drug-likeness (QED) is 0.597. The monoisotopic (exact) mass is 254 g/mol. The first-order valence-corrected chi connectivity index (χ1v) is 6.13. The van der Waals surface area contributed by atoms with Crippen molar-refractivity contribution in [3.05, 3.63) is 34.9 Å². The van der Waals surface area contributed by atoms with Gasteiger partial charge in [0, 0.05) is 10.6 Å². The van der Waals surface area contributed by atoms with E-state index in [4.69, 9.17) is 11.6 Å². The lowest BCUT2D eigenvalue weighted by Crippen LogP contribution is -2.28. The SMILES string of the molecule is CNCCCN(C)CC(=O)c1ccc(Cl)cc1. The van der Waals surface area contributed by atoms with Crippen LogP contribution in [0, 0.1) is 0 Å². The highest BCUT2D eigenvalue weighted by Gasteiger charge is 2.08. The summed E-state index contributed by atoms with van der Waals surface area (Å²) in [5.74, 6) is 0.133. The van der Waals surface area contributed by atoms with Gasteiger partial charge in [0.2, 0.25) is 0 Å². The molecule has 0 amide bonds. The third kappa shape index (κ3) is 5.31. The number of nitrogens with one attached hydrogen (secondary N) is 1. The maximum absolute atomic E-state index is 11.9. The molecule has 0 fully saturated rings. The Morgan fingerprint density at radius 3 is 2.59 bits per heavy atom. The maximum Gasteiger partial charge on any atom is 0.176 e. The first-order chi connectivity index (χ1) is 8.13. The van der Waals surface area contributed by atoms with Crippen LogP contribution in [0.25, 0.3) is 0 Å². The predicted octanol–water partition coefficient (Wildman–Crippen LogP) is 2.06. The molecule has 94 valence electrons. The molecule has 0 atom stereocenters. The molecule has 1 rings (SSSR count). The Morgan fingerprint density at radius 2 is 2.00 bits per heavy atom. The number of carbonyl (C=O) groups excluding carboxylic acids is 1. The average molecular weight is 255 g/mol. The van der Waals surface area contributed by atoms with E-state index >= 15 is 0 Å². The van der Waals surface area contributed by atoms with E-state index in [0.29, 0.717) is 11.6 Å². The van der Waals surface area contributed by atoms with E-state index in [-0.39, 0.29) is 5.78 Å². The number of benzene rings is 1. The lowest BCUT2D eigenvalue weighted by Gasteiger charge is -2.15. The van der Waals surface area contributed by atoms with Crippen LogP contribution in [0.5, 0.6) is 0 Å². The smallest absolute Gasteiger partial charge is 0.176 e. The van der Waals surface area contributed by atoms with E-state index in [1.165, 1.54) is 0 Å². The van der Waals surface area contributed by atoms with Crippen molar-refractivity contribution in [1.29, 1.82) is 0 Å². The zero-order valence-corrected chi connectivity index (χ0v) is 11.1. The van der Waals surface area contributed by atoms with Gasteiger partial charge in [0.25, 0.3) is 0 Å². The van der Waals surface area contributed by atoms with Crippen LogP contribution in [0.1, 0.15) is 16.8 Å². The summed E-state index contributed by atoms with van der Waals surface area (Å²) in [6.45, 7) is 2.34. The first-order valence-electron chi connectivity index (χ1n) is 5.75. The fraction of sp³-hybridized carbons (Fsp3) is 0.462. The van der Waals surface area contributed by atoms with Crippen molar-refractivity contribution in [2.24, 2.45) is 0 Å². The molecule has 0 heterocycles. The molecule has 1 N–H and O–H groups in total. The van der Waals surface area contributed by atoms with Crippen molar-refractivity contribution >= 4 is 17.4 Å². The standard InChI is InChI=1S/C13H19ClN2O/c1-15-8-3-9-16(2)10-13(17)11-4-6-12(14)7-5-11/h4-7,15H,3,8-10H2,1-2H3. The van der Waals surface area contributed by atoms with Crippen LogP contribution in [0.4, 0.5) is 0 Å². The molecule has 0 aliphatic heterocycles. The summed E-state index contributed by atoms with van der Waals surface area (Å²) in [6, 6.07) is 7.03. The molecular weight excluding hydrogens is 236 g/mol. The van der Waals surface area contributed by atoms with E-state index in [2.05, 4.69) is 5.32 Å². The van der Waals surface area contributed by atoms with Crippen LogP contribution in [-0.4, -0.2) is 44.4 Å². The zero-order chi connectivity index (χ0) is 12.7. The maximum atomic E-state index is 11.9. The fourth-order valence-electron chi connectivity index (χ4n) is 1.58. The lowest BCUT2D eigenvalue weighted by atomic mass is 10.1. The first kappa shape index (κ1) is 14.2. The van der Waals surface area contributed by atoms with Crippen molar-refractivity contribution in [2.45, 2.75) is 6.42 Å². The molecule has 0 aromatic heterocycles. The van der Waals surface area contributed by atoms with Crippen LogP contribution >= 0.6 is 11.6 Å². The minimum Gasteiger partial charge on any atom is -0.320 e. The number of nitrogens with zero attached hydrogens (tertiary/aromatic N) is 1. The molecule has 3 nitrogen and oxygen atoms in total. The Bertz CT molecular complexity index is 351. The van der Waals surface area contributed by atoms with Crippen molar-refractivity contribution in [3.63, 3.8) is 0 Å². The highest BCUT2D eigenvalue weighted by molar-refractivity contribution is 6.30. The minimum atomic E-state index is 0.133. The molecule has 0 spiro atoms. The molecule has 4 heteroatoms. The van der Waals surface area contributed by atoms with Crippen LogP contribution in [0.3, 0.4) is 0 Å². The third-order valence-electron chi connectivity index (χ3n) is 2.55. The summed E-state index contributed by atoms with van der Waals surface area (Å²) >= 11 is 5.78. The third-order valence-corrected chi connectivity index (χ3v) is 2.80. The second kappa shape index (κ2) is 7.43. The van der Waals surface area contributed by atoms with Gasteiger partial charge >= 0.3 is 0 Å². The summed E-state index contributed by atoms with van der Waals surface area (Å²) in [5, 5.41) is 3.74.